The van der Waals surface area contributed by atoms with Crippen LogP contribution in [0.15, 0.2) is 36.0 Å². The molecule has 116 valence electrons. The van der Waals surface area contributed by atoms with Crippen LogP contribution >= 0.6 is 0 Å². The Hall–Kier alpha value is -0.780. The highest BCUT2D eigenvalue weighted by molar-refractivity contribution is 5.15. The summed E-state index contributed by atoms with van der Waals surface area (Å²) in [6, 6.07) is 0. The molecule has 0 saturated heterocycles. The van der Waals surface area contributed by atoms with Crippen LogP contribution in [0.1, 0.15) is 91.4 Å². The zero-order valence-corrected chi connectivity index (χ0v) is 14.2. The molecule has 0 aromatic heterocycles. The van der Waals surface area contributed by atoms with Crippen molar-refractivity contribution >= 4 is 0 Å². The first-order valence-corrected chi connectivity index (χ1v) is 8.65. The van der Waals surface area contributed by atoms with Gasteiger partial charge in [-0.1, -0.05) is 94.2 Å². The van der Waals surface area contributed by atoms with Crippen molar-refractivity contribution in [2.24, 2.45) is 0 Å². The van der Waals surface area contributed by atoms with Crippen LogP contribution in [0.3, 0.4) is 0 Å². The number of allylic oxidation sites excluding steroid dienone is 5. The predicted octanol–water partition coefficient (Wildman–Crippen LogP) is 7.38. The predicted molar refractivity (Wildman–Crippen MR) is 94.2 cm³/mol. The fourth-order valence-corrected chi connectivity index (χ4v) is 2.35. The minimum Gasteiger partial charge on any atom is -0.0988 e. The second-order valence-corrected chi connectivity index (χ2v) is 6.02. The van der Waals surface area contributed by atoms with E-state index in [2.05, 4.69) is 39.5 Å². The summed E-state index contributed by atoms with van der Waals surface area (Å²) >= 11 is 0. The number of unbranched alkanes of at least 4 members (excludes halogenated alkanes) is 8. The van der Waals surface area contributed by atoms with E-state index in [1.165, 1.54) is 69.8 Å². The fourth-order valence-electron chi connectivity index (χ4n) is 2.35. The van der Waals surface area contributed by atoms with Crippen molar-refractivity contribution in [3.05, 3.63) is 36.0 Å². The third-order valence-electron chi connectivity index (χ3n) is 3.90. The second kappa shape index (κ2) is 14.6. The van der Waals surface area contributed by atoms with Gasteiger partial charge < -0.3 is 0 Å². The van der Waals surface area contributed by atoms with E-state index in [0.29, 0.717) is 0 Å². The Labute approximate surface area is 128 Å². The number of hydrogen-bond acceptors (Lipinski definition) is 0. The highest BCUT2D eigenvalue weighted by Gasteiger charge is 1.93. The van der Waals surface area contributed by atoms with E-state index < -0.39 is 0 Å². The molecule has 0 unspecified atom stereocenters. The Morgan fingerprint density at radius 2 is 1.35 bits per heavy atom. The Bertz CT molecular complexity index is 280. The Kier molecular flexibility index (Phi) is 14.1. The Morgan fingerprint density at radius 3 is 1.90 bits per heavy atom. The average molecular weight is 277 g/mol. The quantitative estimate of drug-likeness (QED) is 0.187. The lowest BCUT2D eigenvalue weighted by Crippen LogP contribution is -1.83. The van der Waals surface area contributed by atoms with Gasteiger partial charge in [0.05, 0.1) is 0 Å². The molecule has 0 heteroatoms. The van der Waals surface area contributed by atoms with E-state index >= 15 is 0 Å². The SMILES string of the molecule is C=CC(C)=CCC=C(C)CCCCCCCCCCC. The normalized spacial score (nSPS) is 12.8. The molecule has 0 fully saturated rings. The summed E-state index contributed by atoms with van der Waals surface area (Å²) in [5, 5.41) is 0. The van der Waals surface area contributed by atoms with Crippen LogP contribution < -0.4 is 0 Å². The third kappa shape index (κ3) is 13.6. The fraction of sp³-hybridized carbons (Fsp3) is 0.700. The van der Waals surface area contributed by atoms with Gasteiger partial charge in [0.15, 0.2) is 0 Å². The van der Waals surface area contributed by atoms with Crippen LogP contribution in [0.2, 0.25) is 0 Å². The third-order valence-corrected chi connectivity index (χ3v) is 3.90. The maximum absolute atomic E-state index is 3.77. The smallest absolute Gasteiger partial charge is 0.0161 e. The molecular weight excluding hydrogens is 240 g/mol. The summed E-state index contributed by atoms with van der Waals surface area (Å²) in [7, 11) is 0. The lowest BCUT2D eigenvalue weighted by atomic mass is 10.0. The standard InChI is InChI=1S/C20H36/c1-5-7-8-9-10-11-12-13-14-16-20(4)18-15-17-19(3)6-2/h6,17-18H,2,5,7-16H2,1,3-4H3. The van der Waals surface area contributed by atoms with Crippen LogP contribution in [0.5, 0.6) is 0 Å². The molecule has 0 heterocycles. The largest absolute Gasteiger partial charge is 0.0988 e. The first kappa shape index (κ1) is 19.2. The van der Waals surface area contributed by atoms with Crippen molar-refractivity contribution in [3.63, 3.8) is 0 Å². The van der Waals surface area contributed by atoms with Gasteiger partial charge in [0.2, 0.25) is 0 Å². The van der Waals surface area contributed by atoms with Gasteiger partial charge in [0.1, 0.15) is 0 Å². The van der Waals surface area contributed by atoms with Gasteiger partial charge in [0, 0.05) is 0 Å². The molecular formula is C20H36. The van der Waals surface area contributed by atoms with E-state index in [9.17, 15) is 0 Å². The molecule has 0 aliphatic heterocycles. The number of hydrogen-bond donors (Lipinski definition) is 0. The molecule has 0 aliphatic carbocycles. The Morgan fingerprint density at radius 1 is 0.800 bits per heavy atom. The summed E-state index contributed by atoms with van der Waals surface area (Å²) in [5.41, 5.74) is 2.82. The minimum atomic E-state index is 1.06. The molecule has 0 bridgehead atoms. The summed E-state index contributed by atoms with van der Waals surface area (Å²) in [6.07, 6.45) is 21.6. The van der Waals surface area contributed by atoms with Crippen molar-refractivity contribution in [1.82, 2.24) is 0 Å². The molecule has 0 spiro atoms. The van der Waals surface area contributed by atoms with E-state index in [1.807, 2.05) is 6.08 Å². The molecule has 0 radical (unpaired) electrons. The molecule has 0 rings (SSSR count). The van der Waals surface area contributed by atoms with Crippen LogP contribution in [0, 0.1) is 0 Å². The van der Waals surface area contributed by atoms with Gasteiger partial charge in [-0.15, -0.1) is 0 Å². The van der Waals surface area contributed by atoms with Crippen LogP contribution in [-0.2, 0) is 0 Å². The highest BCUT2D eigenvalue weighted by Crippen LogP contribution is 2.13. The molecule has 20 heavy (non-hydrogen) atoms. The monoisotopic (exact) mass is 276 g/mol. The summed E-state index contributed by atoms with van der Waals surface area (Å²) in [4.78, 5) is 0. The number of rotatable bonds is 13. The molecule has 0 atom stereocenters. The zero-order chi connectivity index (χ0) is 15.1. The van der Waals surface area contributed by atoms with E-state index in [-0.39, 0.29) is 0 Å². The second-order valence-electron chi connectivity index (χ2n) is 6.02. The van der Waals surface area contributed by atoms with Gasteiger partial charge in [0.25, 0.3) is 0 Å². The van der Waals surface area contributed by atoms with Crippen molar-refractivity contribution in [2.45, 2.75) is 91.4 Å². The minimum absolute atomic E-state index is 1.06. The van der Waals surface area contributed by atoms with Crippen molar-refractivity contribution in [3.8, 4) is 0 Å². The summed E-state index contributed by atoms with van der Waals surface area (Å²) in [6.45, 7) is 10.4. The molecule has 0 nitrogen and oxygen atoms in total. The van der Waals surface area contributed by atoms with Crippen LogP contribution in [0.25, 0.3) is 0 Å². The van der Waals surface area contributed by atoms with Gasteiger partial charge in [-0.25, -0.2) is 0 Å². The first-order chi connectivity index (χ1) is 9.70. The summed E-state index contributed by atoms with van der Waals surface area (Å²) in [5.74, 6) is 0. The lowest BCUT2D eigenvalue weighted by molar-refractivity contribution is 0.564. The van der Waals surface area contributed by atoms with E-state index in [1.54, 1.807) is 5.57 Å². The molecule has 0 aromatic rings. The first-order valence-electron chi connectivity index (χ1n) is 8.65. The molecule has 0 aromatic carbocycles. The van der Waals surface area contributed by atoms with Crippen molar-refractivity contribution in [1.29, 1.82) is 0 Å². The van der Waals surface area contributed by atoms with Gasteiger partial charge >= 0.3 is 0 Å². The molecule has 0 N–H and O–H groups in total. The highest BCUT2D eigenvalue weighted by atomic mass is 14.0. The Balaban J connectivity index is 3.41. The molecule has 0 amide bonds. The van der Waals surface area contributed by atoms with Gasteiger partial charge in [-0.05, 0) is 33.1 Å². The maximum atomic E-state index is 3.77. The van der Waals surface area contributed by atoms with Gasteiger partial charge in [-0.3, -0.25) is 0 Å². The maximum Gasteiger partial charge on any atom is -0.0161 e. The average Bonchev–Trinajstić information content (AvgIpc) is 2.45. The summed E-state index contributed by atoms with van der Waals surface area (Å²) < 4.78 is 0. The lowest BCUT2D eigenvalue weighted by Gasteiger charge is -2.03. The van der Waals surface area contributed by atoms with Crippen LogP contribution in [0.4, 0.5) is 0 Å². The van der Waals surface area contributed by atoms with E-state index in [0.717, 1.165) is 6.42 Å². The molecule has 0 saturated carbocycles. The van der Waals surface area contributed by atoms with Crippen LogP contribution in [-0.4, -0.2) is 0 Å². The molecule has 0 aliphatic rings. The van der Waals surface area contributed by atoms with Gasteiger partial charge in [-0.2, -0.15) is 0 Å². The zero-order valence-electron chi connectivity index (χ0n) is 14.2. The topological polar surface area (TPSA) is 0 Å². The van der Waals surface area contributed by atoms with Crippen molar-refractivity contribution < 1.29 is 0 Å². The van der Waals surface area contributed by atoms with Crippen molar-refractivity contribution in [2.75, 3.05) is 0 Å². The van der Waals surface area contributed by atoms with E-state index in [4.69, 9.17) is 0 Å².